The van der Waals surface area contributed by atoms with Crippen molar-refractivity contribution in [2.45, 2.75) is 0 Å². The van der Waals surface area contributed by atoms with E-state index in [0.29, 0.717) is 0 Å². The molecule has 9 N–H and O–H groups in total. The molecule has 18 heavy (non-hydrogen) atoms. The molecule has 119 valence electrons. The molecule has 0 aromatic heterocycles. The number of carbonyl (C=O) groups is 1. The van der Waals surface area contributed by atoms with E-state index in [9.17, 15) is 4.79 Å². The van der Waals surface area contributed by atoms with Gasteiger partial charge in [0, 0.05) is 17.1 Å². The summed E-state index contributed by atoms with van der Waals surface area (Å²) in [6.45, 7) is 0. The first-order valence-electron chi connectivity index (χ1n) is 2.43. The normalized spacial score (nSPS) is 8.28. The van der Waals surface area contributed by atoms with Crippen LogP contribution >= 0.6 is 12.4 Å². The van der Waals surface area contributed by atoms with Gasteiger partial charge in [-0.15, -0.1) is 12.4 Å². The molecule has 0 spiro atoms. The average Bonchev–Trinajstić information content (AvgIpc) is 1.79. The molecule has 0 bridgehead atoms. The first kappa shape index (κ1) is 36.2. The minimum Gasteiger partial charge on any atom is -0.351 e. The summed E-state index contributed by atoms with van der Waals surface area (Å²) < 4.78 is 63.2. The largest absolute Gasteiger partial charge is 0.394 e. The molecule has 0 rings (SSSR count). The van der Waals surface area contributed by atoms with Gasteiger partial charge in [0.25, 0.3) is 0 Å². The first-order chi connectivity index (χ1) is 6.27. The number of nitrogens with one attached hydrogen (secondary N) is 1. The maximum atomic E-state index is 9.35. The Hall–Kier alpha value is 0.312. The van der Waals surface area contributed by atoms with E-state index in [1.807, 2.05) is 0 Å². The van der Waals surface area contributed by atoms with Crippen molar-refractivity contribution < 1.29 is 56.9 Å². The van der Waals surface area contributed by atoms with Crippen molar-refractivity contribution in [2.24, 2.45) is 11.6 Å². The van der Waals surface area contributed by atoms with E-state index in [-0.39, 0.29) is 46.8 Å². The molecule has 2 amide bonds. The Balaban J connectivity index is -0.0000000277. The standard InChI is InChI=1S/CH5N3O.Al.ClH.Cu.2H2O4S.3H/c2-1(5)4-3;;;;2*1-5(2,3)4;;;/h3H2,(H3,2,4,5);;1H;;2*(H2,1,2,3,4);;;. The number of hydrazine groups is 1. The van der Waals surface area contributed by atoms with E-state index in [2.05, 4.69) is 11.6 Å². The van der Waals surface area contributed by atoms with Crippen LogP contribution in [0.1, 0.15) is 0 Å². The van der Waals surface area contributed by atoms with Gasteiger partial charge in [-0.05, 0) is 0 Å². The first-order valence-corrected chi connectivity index (χ1v) is 5.22. The Labute approximate surface area is 130 Å². The zero-order valence-corrected chi connectivity index (χ0v) is 10.9. The van der Waals surface area contributed by atoms with Gasteiger partial charge in [0.2, 0.25) is 0 Å². The van der Waals surface area contributed by atoms with E-state index in [0.717, 1.165) is 0 Å². The van der Waals surface area contributed by atoms with Crippen LogP contribution in [-0.4, -0.2) is 58.4 Å². The Morgan fingerprint density at radius 3 is 1.00 bits per heavy atom. The second-order valence-corrected chi connectivity index (χ2v) is 3.20. The number of primary amides is 1. The fraction of sp³-hybridized carbons (Fsp3) is 0. The molecule has 0 saturated carbocycles. The van der Waals surface area contributed by atoms with Crippen molar-refractivity contribution in [3.8, 4) is 0 Å². The second-order valence-electron chi connectivity index (χ2n) is 1.40. The Bertz CT molecular complexity index is 323. The molecule has 0 aliphatic rings. The number of carbonyl (C=O) groups excluding carboxylic acids is 1. The molecule has 0 aliphatic carbocycles. The predicted molar refractivity (Wildman–Crippen MR) is 62.4 cm³/mol. The van der Waals surface area contributed by atoms with Crippen molar-refractivity contribution in [3.63, 3.8) is 0 Å². The van der Waals surface area contributed by atoms with Gasteiger partial charge in [-0.3, -0.25) is 23.6 Å². The summed E-state index contributed by atoms with van der Waals surface area (Å²) in [7, 11) is -9.33. The number of halogens is 1. The third-order valence-corrected chi connectivity index (χ3v) is 0.142. The number of nitrogens with two attached hydrogens (primary N) is 2. The van der Waals surface area contributed by atoms with E-state index in [1.54, 1.807) is 5.43 Å². The average molecular weight is 401 g/mol. The van der Waals surface area contributed by atoms with Crippen LogP contribution in [0.4, 0.5) is 4.79 Å². The van der Waals surface area contributed by atoms with Gasteiger partial charge in [0.15, 0.2) is 17.4 Å². The van der Waals surface area contributed by atoms with Crippen molar-refractivity contribution in [1.82, 2.24) is 5.43 Å². The molecule has 0 heterocycles. The van der Waals surface area contributed by atoms with Crippen molar-refractivity contribution >= 4 is 56.6 Å². The number of amides is 2. The maximum Gasteiger partial charge on any atom is 0.394 e. The zero-order chi connectivity index (χ0) is 13.3. The molecule has 0 unspecified atom stereocenters. The summed E-state index contributed by atoms with van der Waals surface area (Å²) in [5.41, 5.74) is 6.08. The third-order valence-electron chi connectivity index (χ3n) is 0.142. The van der Waals surface area contributed by atoms with Gasteiger partial charge < -0.3 is 5.73 Å². The van der Waals surface area contributed by atoms with Gasteiger partial charge in [0.1, 0.15) is 0 Å². The SMILES string of the molecule is Cl.NNC(N)=O.O=S(=O)(O)O.O=S(=O)(O)O.[AlH3].[Cu]. The molecule has 0 saturated heterocycles. The van der Waals surface area contributed by atoms with Crippen LogP contribution in [0.15, 0.2) is 0 Å². The minimum atomic E-state index is -4.67. The molecule has 0 aliphatic heterocycles. The van der Waals surface area contributed by atoms with Crippen LogP contribution < -0.4 is 17.0 Å². The quantitative estimate of drug-likeness (QED) is 0.0694. The summed E-state index contributed by atoms with van der Waals surface area (Å²) in [6.07, 6.45) is 0. The van der Waals surface area contributed by atoms with Crippen LogP contribution in [0.25, 0.3) is 0 Å². The van der Waals surface area contributed by atoms with Gasteiger partial charge in [0.05, 0.1) is 0 Å². The smallest absolute Gasteiger partial charge is 0.351 e. The van der Waals surface area contributed by atoms with Crippen molar-refractivity contribution in [3.05, 3.63) is 0 Å². The molecule has 0 fully saturated rings. The summed E-state index contributed by atoms with van der Waals surface area (Å²) in [5, 5.41) is 0. The summed E-state index contributed by atoms with van der Waals surface area (Å²) in [4.78, 5) is 9.35. The molecule has 0 aromatic carbocycles. The van der Waals surface area contributed by atoms with Crippen LogP contribution in [0, 0.1) is 0 Å². The van der Waals surface area contributed by atoms with Gasteiger partial charge in [-0.1, -0.05) is 0 Å². The van der Waals surface area contributed by atoms with Gasteiger partial charge in [-0.2, -0.15) is 16.8 Å². The molecule has 17 heteroatoms. The third kappa shape index (κ3) is 716. The predicted octanol–water partition coefficient (Wildman–Crippen LogP) is -3.54. The Morgan fingerprint density at radius 1 is 0.944 bits per heavy atom. The van der Waals surface area contributed by atoms with E-state index >= 15 is 0 Å². The molecule has 12 nitrogen and oxygen atoms in total. The zero-order valence-electron chi connectivity index (χ0n) is 7.51. The topological polar surface area (TPSA) is 230 Å². The molecular weight excluding hydrogens is 388 g/mol. The summed E-state index contributed by atoms with van der Waals surface area (Å²) in [6, 6.07) is -0.718. The van der Waals surface area contributed by atoms with Crippen molar-refractivity contribution in [2.75, 3.05) is 0 Å². The fourth-order valence-corrected chi connectivity index (χ4v) is 0. The number of hydrogen-bond donors (Lipinski definition) is 7. The van der Waals surface area contributed by atoms with E-state index in [4.69, 9.17) is 35.0 Å². The number of rotatable bonds is 0. The molecule has 0 aromatic rings. The molecule has 1 radical (unpaired) electrons. The van der Waals surface area contributed by atoms with Crippen LogP contribution in [-0.2, 0) is 37.9 Å². The van der Waals surface area contributed by atoms with E-state index < -0.39 is 26.8 Å². The number of hydrogen-bond acceptors (Lipinski definition) is 6. The van der Waals surface area contributed by atoms with Crippen LogP contribution in [0.2, 0.25) is 0 Å². The van der Waals surface area contributed by atoms with Crippen LogP contribution in [0.3, 0.4) is 0 Å². The minimum absolute atomic E-state index is 0. The monoisotopic (exact) mass is 400 g/mol. The van der Waals surface area contributed by atoms with Crippen molar-refractivity contribution in [1.29, 1.82) is 0 Å². The number of urea groups is 1. The Morgan fingerprint density at radius 2 is 1.00 bits per heavy atom. The van der Waals surface area contributed by atoms with Crippen LogP contribution in [0.5, 0.6) is 0 Å². The second kappa shape index (κ2) is 17.3. The van der Waals surface area contributed by atoms with Gasteiger partial charge in [-0.25, -0.2) is 10.6 Å². The van der Waals surface area contributed by atoms with Gasteiger partial charge >= 0.3 is 26.8 Å². The maximum absolute atomic E-state index is 9.35. The fourth-order valence-electron chi connectivity index (χ4n) is 0. The molecular formula is CH13AlClCuN3O9S2. The Kier molecular flexibility index (Phi) is 34.8. The summed E-state index contributed by atoms with van der Waals surface area (Å²) >= 11 is 0. The summed E-state index contributed by atoms with van der Waals surface area (Å²) in [5.74, 6) is 4.45. The van der Waals surface area contributed by atoms with E-state index in [1.165, 1.54) is 0 Å². The molecule has 0 atom stereocenters.